The first-order valence-electron chi connectivity index (χ1n) is 5.10. The number of nitrogens with zero attached hydrogens (tertiary/aromatic N) is 1. The summed E-state index contributed by atoms with van der Waals surface area (Å²) in [6.07, 6.45) is 0.847. The molecule has 0 bridgehead atoms. The second-order valence-electron chi connectivity index (χ2n) is 3.54. The summed E-state index contributed by atoms with van der Waals surface area (Å²) < 4.78 is 1.86. The molecule has 1 N–H and O–H groups in total. The fraction of sp³-hybridized carbons (Fsp3) is 0.250. The quantitative estimate of drug-likeness (QED) is 0.795. The molecule has 0 aliphatic carbocycles. The summed E-state index contributed by atoms with van der Waals surface area (Å²) in [7, 11) is 0. The van der Waals surface area contributed by atoms with Gasteiger partial charge in [-0.25, -0.2) is 0 Å². The van der Waals surface area contributed by atoms with Gasteiger partial charge in [-0.05, 0) is 25.5 Å². The molecule has 0 aliphatic rings. The second-order valence-corrected chi connectivity index (χ2v) is 3.54. The van der Waals surface area contributed by atoms with E-state index >= 15 is 0 Å². The van der Waals surface area contributed by atoms with E-state index in [1.807, 2.05) is 41.9 Å². The summed E-state index contributed by atoms with van der Waals surface area (Å²) >= 11 is 0. The van der Waals surface area contributed by atoms with E-state index in [9.17, 15) is 4.79 Å². The van der Waals surface area contributed by atoms with Crippen LogP contribution >= 0.6 is 0 Å². The van der Waals surface area contributed by atoms with Gasteiger partial charge in [0.25, 0.3) is 5.56 Å². The van der Waals surface area contributed by atoms with Crippen LogP contribution in [0, 0.1) is 6.92 Å². The standard InChI is InChI=1S/C12H14N2O/c1-3-11-9(2)12(15)13-14(11)10-7-5-4-6-8-10/h4-8H,3H2,1-2H3,(H,13,15). The van der Waals surface area contributed by atoms with Crippen molar-refractivity contribution in [3.05, 3.63) is 51.9 Å². The molecule has 3 heteroatoms. The molecule has 0 saturated heterocycles. The average molecular weight is 202 g/mol. The largest absolute Gasteiger partial charge is 0.268 e. The number of hydrogen-bond donors (Lipinski definition) is 1. The Hall–Kier alpha value is -1.77. The minimum absolute atomic E-state index is 0.00398. The van der Waals surface area contributed by atoms with Gasteiger partial charge in [0.2, 0.25) is 0 Å². The maximum Gasteiger partial charge on any atom is 0.267 e. The summed E-state index contributed by atoms with van der Waals surface area (Å²) in [6.45, 7) is 3.91. The van der Waals surface area contributed by atoms with Crippen molar-refractivity contribution in [2.24, 2.45) is 0 Å². The van der Waals surface area contributed by atoms with Crippen molar-refractivity contribution in [2.75, 3.05) is 0 Å². The maximum atomic E-state index is 11.5. The van der Waals surface area contributed by atoms with Crippen LogP contribution in [0.3, 0.4) is 0 Å². The van der Waals surface area contributed by atoms with Crippen LogP contribution in [0.4, 0.5) is 0 Å². The van der Waals surface area contributed by atoms with E-state index in [2.05, 4.69) is 12.0 Å². The molecular formula is C12H14N2O. The molecule has 2 rings (SSSR count). The Labute approximate surface area is 88.4 Å². The van der Waals surface area contributed by atoms with E-state index in [-0.39, 0.29) is 5.56 Å². The van der Waals surface area contributed by atoms with Crippen molar-refractivity contribution in [1.82, 2.24) is 9.78 Å². The summed E-state index contributed by atoms with van der Waals surface area (Å²) in [5.74, 6) is 0. The lowest BCUT2D eigenvalue weighted by Gasteiger charge is -2.06. The molecule has 0 saturated carbocycles. The first kappa shape index (κ1) is 9.77. The molecule has 3 nitrogen and oxygen atoms in total. The van der Waals surface area contributed by atoms with Gasteiger partial charge in [-0.3, -0.25) is 14.6 Å². The van der Waals surface area contributed by atoms with Crippen molar-refractivity contribution in [3.63, 3.8) is 0 Å². The molecule has 0 radical (unpaired) electrons. The Morgan fingerprint density at radius 1 is 1.27 bits per heavy atom. The SMILES string of the molecule is CCc1c(C)c(=O)[nH]n1-c1ccccc1. The molecule has 1 aromatic carbocycles. The van der Waals surface area contributed by atoms with E-state index in [1.54, 1.807) is 0 Å². The zero-order valence-corrected chi connectivity index (χ0v) is 8.95. The Morgan fingerprint density at radius 3 is 2.53 bits per heavy atom. The topological polar surface area (TPSA) is 37.8 Å². The van der Waals surface area contributed by atoms with Crippen molar-refractivity contribution < 1.29 is 0 Å². The van der Waals surface area contributed by atoms with Crippen LogP contribution in [0.5, 0.6) is 0 Å². The average Bonchev–Trinajstić information content (AvgIpc) is 2.56. The van der Waals surface area contributed by atoms with E-state index in [1.165, 1.54) is 0 Å². The Bertz CT molecular complexity index is 508. The second kappa shape index (κ2) is 3.77. The highest BCUT2D eigenvalue weighted by atomic mass is 16.1. The minimum Gasteiger partial charge on any atom is -0.268 e. The third-order valence-electron chi connectivity index (χ3n) is 2.61. The fourth-order valence-electron chi connectivity index (χ4n) is 1.77. The zero-order chi connectivity index (χ0) is 10.8. The van der Waals surface area contributed by atoms with Crippen LogP contribution < -0.4 is 5.56 Å². The number of hydrogen-bond acceptors (Lipinski definition) is 1. The molecule has 0 atom stereocenters. The predicted molar refractivity (Wildman–Crippen MR) is 60.5 cm³/mol. The number of H-pyrrole nitrogens is 1. The Morgan fingerprint density at radius 2 is 1.93 bits per heavy atom. The van der Waals surface area contributed by atoms with E-state index in [4.69, 9.17) is 0 Å². The summed E-state index contributed by atoms with van der Waals surface area (Å²) in [5.41, 5.74) is 2.85. The molecule has 0 fully saturated rings. The third kappa shape index (κ3) is 1.61. The highest BCUT2D eigenvalue weighted by molar-refractivity contribution is 5.34. The number of nitrogens with one attached hydrogen (secondary N) is 1. The minimum atomic E-state index is -0.00398. The molecule has 78 valence electrons. The summed E-state index contributed by atoms with van der Waals surface area (Å²) in [5, 5.41) is 2.84. The highest BCUT2D eigenvalue weighted by Gasteiger charge is 2.09. The normalized spacial score (nSPS) is 10.5. The van der Waals surface area contributed by atoms with Crippen molar-refractivity contribution in [3.8, 4) is 5.69 Å². The van der Waals surface area contributed by atoms with Gasteiger partial charge in [-0.15, -0.1) is 0 Å². The molecule has 0 aliphatic heterocycles. The van der Waals surface area contributed by atoms with Gasteiger partial charge in [0.1, 0.15) is 0 Å². The molecule has 0 unspecified atom stereocenters. The molecule has 0 amide bonds. The van der Waals surface area contributed by atoms with Gasteiger partial charge in [0.05, 0.1) is 5.69 Å². The molecule has 2 aromatic rings. The van der Waals surface area contributed by atoms with Crippen LogP contribution in [-0.4, -0.2) is 9.78 Å². The third-order valence-corrected chi connectivity index (χ3v) is 2.61. The maximum absolute atomic E-state index is 11.5. The van der Waals surface area contributed by atoms with E-state index in [0.717, 1.165) is 23.4 Å². The van der Waals surface area contributed by atoms with Gasteiger partial charge in [0, 0.05) is 11.3 Å². The summed E-state index contributed by atoms with van der Waals surface area (Å²) in [6, 6.07) is 9.84. The molecule has 1 heterocycles. The first-order chi connectivity index (χ1) is 7.24. The zero-order valence-electron chi connectivity index (χ0n) is 8.95. The number of aromatic nitrogens is 2. The molecule has 1 aromatic heterocycles. The Balaban J connectivity index is 2.64. The van der Waals surface area contributed by atoms with Gasteiger partial charge >= 0.3 is 0 Å². The lowest BCUT2D eigenvalue weighted by molar-refractivity contribution is 0.804. The van der Waals surface area contributed by atoms with Crippen molar-refractivity contribution in [2.45, 2.75) is 20.3 Å². The van der Waals surface area contributed by atoms with Crippen LogP contribution in [-0.2, 0) is 6.42 Å². The number of para-hydroxylation sites is 1. The van der Waals surface area contributed by atoms with Gasteiger partial charge in [0.15, 0.2) is 0 Å². The molecule has 0 spiro atoms. The number of aromatic amines is 1. The van der Waals surface area contributed by atoms with Crippen LogP contribution in [0.15, 0.2) is 35.1 Å². The summed E-state index contributed by atoms with van der Waals surface area (Å²) in [4.78, 5) is 11.5. The lowest BCUT2D eigenvalue weighted by atomic mass is 10.2. The number of benzene rings is 1. The van der Waals surface area contributed by atoms with E-state index in [0.29, 0.717) is 0 Å². The Kier molecular flexibility index (Phi) is 2.46. The first-order valence-corrected chi connectivity index (χ1v) is 5.10. The van der Waals surface area contributed by atoms with Gasteiger partial charge in [-0.2, -0.15) is 0 Å². The van der Waals surface area contributed by atoms with Gasteiger partial charge in [-0.1, -0.05) is 25.1 Å². The number of rotatable bonds is 2. The molecule has 15 heavy (non-hydrogen) atoms. The van der Waals surface area contributed by atoms with Gasteiger partial charge < -0.3 is 0 Å². The smallest absolute Gasteiger partial charge is 0.267 e. The highest BCUT2D eigenvalue weighted by Crippen LogP contribution is 2.11. The van der Waals surface area contributed by atoms with Crippen molar-refractivity contribution >= 4 is 0 Å². The lowest BCUT2D eigenvalue weighted by Crippen LogP contribution is -2.05. The predicted octanol–water partition coefficient (Wildman–Crippen LogP) is 2.04. The van der Waals surface area contributed by atoms with Crippen LogP contribution in [0.1, 0.15) is 18.2 Å². The van der Waals surface area contributed by atoms with Crippen molar-refractivity contribution in [1.29, 1.82) is 0 Å². The fourth-order valence-corrected chi connectivity index (χ4v) is 1.77. The van der Waals surface area contributed by atoms with Crippen LogP contribution in [0.2, 0.25) is 0 Å². The van der Waals surface area contributed by atoms with E-state index < -0.39 is 0 Å². The monoisotopic (exact) mass is 202 g/mol. The molecular weight excluding hydrogens is 188 g/mol. The van der Waals surface area contributed by atoms with Crippen LogP contribution in [0.25, 0.3) is 5.69 Å².